The van der Waals surface area contributed by atoms with Gasteiger partial charge in [0.2, 0.25) is 5.91 Å². The van der Waals surface area contributed by atoms with Crippen LogP contribution in [0.3, 0.4) is 0 Å². The number of aryl methyl sites for hydroxylation is 1. The SMILES string of the molecule is Cc1ccc(C(=O)NNC(=O)c2ccc(NC(=O)C(C)C)cc2)cc1Br. The van der Waals surface area contributed by atoms with Crippen LogP contribution in [-0.2, 0) is 4.79 Å². The Hall–Kier alpha value is -2.67. The van der Waals surface area contributed by atoms with E-state index >= 15 is 0 Å². The first-order chi connectivity index (χ1) is 12.3. The van der Waals surface area contributed by atoms with E-state index in [1.54, 1.807) is 50.2 Å². The van der Waals surface area contributed by atoms with Crippen LogP contribution in [0.2, 0.25) is 0 Å². The third-order valence-electron chi connectivity index (χ3n) is 3.66. The summed E-state index contributed by atoms with van der Waals surface area (Å²) in [7, 11) is 0. The first-order valence-electron chi connectivity index (χ1n) is 8.05. The second-order valence-electron chi connectivity index (χ2n) is 6.09. The molecule has 0 spiro atoms. The quantitative estimate of drug-likeness (QED) is 0.665. The molecule has 0 saturated heterocycles. The van der Waals surface area contributed by atoms with Crippen molar-refractivity contribution in [2.24, 2.45) is 5.92 Å². The van der Waals surface area contributed by atoms with Gasteiger partial charge in [-0.25, -0.2) is 0 Å². The topological polar surface area (TPSA) is 87.3 Å². The third kappa shape index (κ3) is 5.16. The van der Waals surface area contributed by atoms with Crippen molar-refractivity contribution in [3.05, 3.63) is 63.6 Å². The minimum atomic E-state index is -0.453. The molecule has 0 bridgehead atoms. The molecule has 0 aliphatic heterocycles. The molecule has 0 unspecified atom stereocenters. The van der Waals surface area contributed by atoms with Crippen molar-refractivity contribution in [2.45, 2.75) is 20.8 Å². The van der Waals surface area contributed by atoms with Crippen LogP contribution in [0.5, 0.6) is 0 Å². The lowest BCUT2D eigenvalue weighted by Gasteiger charge is -2.10. The first kappa shape index (κ1) is 19.7. The van der Waals surface area contributed by atoms with Gasteiger partial charge in [0.05, 0.1) is 0 Å². The zero-order valence-corrected chi connectivity index (χ0v) is 16.3. The van der Waals surface area contributed by atoms with Crippen LogP contribution >= 0.6 is 15.9 Å². The molecule has 0 atom stereocenters. The molecule has 2 aromatic carbocycles. The largest absolute Gasteiger partial charge is 0.326 e. The molecule has 0 aliphatic rings. The fraction of sp³-hybridized carbons (Fsp3) is 0.211. The van der Waals surface area contributed by atoms with E-state index in [4.69, 9.17) is 0 Å². The lowest BCUT2D eigenvalue weighted by molar-refractivity contribution is -0.118. The molecule has 3 N–H and O–H groups in total. The Morgan fingerprint density at radius 2 is 1.42 bits per heavy atom. The van der Waals surface area contributed by atoms with Gasteiger partial charge in [-0.2, -0.15) is 0 Å². The van der Waals surface area contributed by atoms with E-state index in [0.29, 0.717) is 16.8 Å². The normalized spacial score (nSPS) is 10.3. The Bertz CT molecular complexity index is 832. The summed E-state index contributed by atoms with van der Waals surface area (Å²) in [5.74, 6) is -1.10. The second kappa shape index (κ2) is 8.62. The molecule has 2 aromatic rings. The molecule has 0 saturated carbocycles. The maximum Gasteiger partial charge on any atom is 0.269 e. The summed E-state index contributed by atoms with van der Waals surface area (Å²) < 4.78 is 0.815. The van der Waals surface area contributed by atoms with Gasteiger partial charge in [-0.3, -0.25) is 25.2 Å². The number of halogens is 1. The summed E-state index contributed by atoms with van der Waals surface area (Å²) in [4.78, 5) is 35.9. The number of anilines is 1. The number of rotatable bonds is 4. The highest BCUT2D eigenvalue weighted by Crippen LogP contribution is 2.17. The molecule has 3 amide bonds. The molecular weight excluding hydrogens is 398 g/mol. The number of amides is 3. The van der Waals surface area contributed by atoms with Crippen molar-refractivity contribution in [3.8, 4) is 0 Å². The minimum Gasteiger partial charge on any atom is -0.326 e. The maximum absolute atomic E-state index is 12.1. The zero-order chi connectivity index (χ0) is 19.3. The smallest absolute Gasteiger partial charge is 0.269 e. The van der Waals surface area contributed by atoms with Crippen LogP contribution < -0.4 is 16.2 Å². The summed E-state index contributed by atoms with van der Waals surface area (Å²) in [6, 6.07) is 11.6. The van der Waals surface area contributed by atoms with Crippen molar-refractivity contribution in [3.63, 3.8) is 0 Å². The standard InChI is InChI=1S/C19H20BrN3O3/c1-11(2)17(24)21-15-8-6-13(7-9-15)18(25)22-23-19(26)14-5-4-12(3)16(20)10-14/h4-11H,1-3H3,(H,21,24)(H,22,25)(H,23,26). The number of carbonyl (C=O) groups is 3. The van der Waals surface area contributed by atoms with Crippen molar-refractivity contribution >= 4 is 39.3 Å². The van der Waals surface area contributed by atoms with Crippen molar-refractivity contribution in [1.82, 2.24) is 10.9 Å². The summed E-state index contributed by atoms with van der Waals surface area (Å²) in [5, 5.41) is 2.74. The van der Waals surface area contributed by atoms with E-state index in [0.717, 1.165) is 10.0 Å². The lowest BCUT2D eigenvalue weighted by atomic mass is 10.1. The Balaban J connectivity index is 1.94. The predicted octanol–water partition coefficient (Wildman–Crippen LogP) is 3.43. The fourth-order valence-corrected chi connectivity index (χ4v) is 2.36. The zero-order valence-electron chi connectivity index (χ0n) is 14.7. The number of benzene rings is 2. The average Bonchev–Trinajstić information content (AvgIpc) is 2.62. The van der Waals surface area contributed by atoms with E-state index in [2.05, 4.69) is 32.1 Å². The third-order valence-corrected chi connectivity index (χ3v) is 4.52. The van der Waals surface area contributed by atoms with E-state index < -0.39 is 11.8 Å². The van der Waals surface area contributed by atoms with Crippen molar-refractivity contribution in [2.75, 3.05) is 5.32 Å². The summed E-state index contributed by atoms with van der Waals surface area (Å²) in [6.07, 6.45) is 0. The Kier molecular flexibility index (Phi) is 6.52. The van der Waals surface area contributed by atoms with Gasteiger partial charge >= 0.3 is 0 Å². The molecule has 0 aromatic heterocycles. The van der Waals surface area contributed by atoms with Gasteiger partial charge in [0.25, 0.3) is 11.8 Å². The van der Waals surface area contributed by atoms with Crippen molar-refractivity contribution in [1.29, 1.82) is 0 Å². The molecule has 0 heterocycles. The van der Waals surface area contributed by atoms with Gasteiger partial charge in [-0.15, -0.1) is 0 Å². The Labute approximate surface area is 160 Å². The molecule has 0 fully saturated rings. The fourth-order valence-electron chi connectivity index (χ4n) is 1.98. The number of nitrogens with one attached hydrogen (secondary N) is 3. The van der Waals surface area contributed by atoms with Crippen LogP contribution in [0, 0.1) is 12.8 Å². The molecule has 6 nitrogen and oxygen atoms in total. The summed E-state index contributed by atoms with van der Waals surface area (Å²) in [6.45, 7) is 5.51. The summed E-state index contributed by atoms with van der Waals surface area (Å²) in [5.41, 5.74) is 7.14. The highest BCUT2D eigenvalue weighted by molar-refractivity contribution is 9.10. The van der Waals surface area contributed by atoms with E-state index in [1.807, 2.05) is 13.0 Å². The Morgan fingerprint density at radius 3 is 1.96 bits per heavy atom. The van der Waals surface area contributed by atoms with Crippen molar-refractivity contribution < 1.29 is 14.4 Å². The monoisotopic (exact) mass is 417 g/mol. The van der Waals surface area contributed by atoms with Gasteiger partial charge in [-0.05, 0) is 48.9 Å². The van der Waals surface area contributed by atoms with E-state index in [9.17, 15) is 14.4 Å². The van der Waals surface area contributed by atoms with E-state index in [-0.39, 0.29) is 11.8 Å². The van der Waals surface area contributed by atoms with Gasteiger partial charge in [-0.1, -0.05) is 35.8 Å². The van der Waals surface area contributed by atoms with Gasteiger partial charge in [0.15, 0.2) is 0 Å². The number of hydrogen-bond donors (Lipinski definition) is 3. The van der Waals surface area contributed by atoms with Gasteiger partial charge in [0, 0.05) is 27.2 Å². The average molecular weight is 418 g/mol. The van der Waals surface area contributed by atoms with Crippen LogP contribution in [0.1, 0.15) is 40.1 Å². The number of hydrogen-bond acceptors (Lipinski definition) is 3. The number of carbonyl (C=O) groups excluding carboxylic acids is 3. The van der Waals surface area contributed by atoms with E-state index in [1.165, 1.54) is 0 Å². The van der Waals surface area contributed by atoms with Gasteiger partial charge in [0.1, 0.15) is 0 Å². The maximum atomic E-state index is 12.1. The number of hydrazine groups is 1. The highest BCUT2D eigenvalue weighted by atomic mass is 79.9. The molecule has 0 aliphatic carbocycles. The molecule has 26 heavy (non-hydrogen) atoms. The molecular formula is C19H20BrN3O3. The van der Waals surface area contributed by atoms with Gasteiger partial charge < -0.3 is 5.32 Å². The van der Waals surface area contributed by atoms with Crippen LogP contribution in [0.25, 0.3) is 0 Å². The molecule has 0 radical (unpaired) electrons. The second-order valence-corrected chi connectivity index (χ2v) is 6.95. The minimum absolute atomic E-state index is 0.0984. The first-order valence-corrected chi connectivity index (χ1v) is 8.85. The molecule has 2 rings (SSSR count). The summed E-state index contributed by atoms with van der Waals surface area (Å²) >= 11 is 3.37. The highest BCUT2D eigenvalue weighted by Gasteiger charge is 2.11. The predicted molar refractivity (Wildman–Crippen MR) is 104 cm³/mol. The molecule has 136 valence electrons. The van der Waals surface area contributed by atoms with Crippen LogP contribution in [0.15, 0.2) is 46.9 Å². The lowest BCUT2D eigenvalue weighted by Crippen LogP contribution is -2.41. The molecule has 7 heteroatoms. The Morgan fingerprint density at radius 1 is 0.885 bits per heavy atom. The van der Waals surface area contributed by atoms with Crippen LogP contribution in [-0.4, -0.2) is 17.7 Å². The van der Waals surface area contributed by atoms with Crippen LogP contribution in [0.4, 0.5) is 5.69 Å².